The van der Waals surface area contributed by atoms with Gasteiger partial charge in [0.2, 0.25) is 0 Å². The van der Waals surface area contributed by atoms with Crippen LogP contribution in [-0.4, -0.2) is 49.3 Å². The predicted molar refractivity (Wildman–Crippen MR) is 220 cm³/mol. The second kappa shape index (κ2) is 39.9. The topological polar surface area (TPSA) is 134 Å². The first-order chi connectivity index (χ1) is 25.8. The van der Waals surface area contributed by atoms with E-state index >= 15 is 0 Å². The van der Waals surface area contributed by atoms with Gasteiger partial charge < -0.3 is 20.1 Å². The predicted octanol–water partition coefficient (Wildman–Crippen LogP) is 12.2. The molecule has 0 saturated heterocycles. The minimum absolute atomic E-state index is 0.0484. The monoisotopic (exact) mass is 770 g/mol. The third kappa shape index (κ3) is 39.7. The molecule has 9 nitrogen and oxygen atoms in total. The van der Waals surface area contributed by atoms with Crippen LogP contribution in [0.3, 0.4) is 0 Å². The lowest BCUT2D eigenvalue weighted by atomic mass is 10.1. The first kappa shape index (κ1) is 51.2. The minimum atomic E-state index is -4.38. The molecular formula is C43H80NO8P. The van der Waals surface area contributed by atoms with E-state index in [1.54, 1.807) is 0 Å². The molecule has 10 heteroatoms. The summed E-state index contributed by atoms with van der Waals surface area (Å²) in [6.07, 6.45) is 43.2. The zero-order valence-electron chi connectivity index (χ0n) is 34.0. The number of allylic oxidation sites excluding steroid dienone is 6. The zero-order valence-corrected chi connectivity index (χ0v) is 34.9. The van der Waals surface area contributed by atoms with Gasteiger partial charge in [0.25, 0.3) is 0 Å². The van der Waals surface area contributed by atoms with E-state index in [0.717, 1.165) is 51.4 Å². The molecule has 0 rings (SSSR count). The molecule has 53 heavy (non-hydrogen) atoms. The molecule has 0 amide bonds. The lowest BCUT2D eigenvalue weighted by Crippen LogP contribution is -2.29. The van der Waals surface area contributed by atoms with Crippen molar-refractivity contribution in [1.29, 1.82) is 0 Å². The van der Waals surface area contributed by atoms with Gasteiger partial charge in [-0.15, -0.1) is 0 Å². The highest BCUT2D eigenvalue weighted by Crippen LogP contribution is 2.43. The van der Waals surface area contributed by atoms with Crippen LogP contribution in [0, 0.1) is 0 Å². The van der Waals surface area contributed by atoms with Gasteiger partial charge in [0, 0.05) is 19.4 Å². The maximum absolute atomic E-state index is 12.6. The van der Waals surface area contributed by atoms with Crippen molar-refractivity contribution in [2.75, 3.05) is 26.4 Å². The molecule has 0 aromatic rings. The Kier molecular flexibility index (Phi) is 38.6. The molecule has 0 aliphatic heterocycles. The van der Waals surface area contributed by atoms with Gasteiger partial charge in [-0.1, -0.05) is 147 Å². The number of carbonyl (C=O) groups is 2. The number of nitrogens with two attached hydrogens (primary N) is 1. The van der Waals surface area contributed by atoms with E-state index in [-0.39, 0.29) is 32.6 Å². The van der Waals surface area contributed by atoms with E-state index in [0.29, 0.717) is 12.8 Å². The molecule has 0 saturated carbocycles. The van der Waals surface area contributed by atoms with Crippen molar-refractivity contribution in [3.63, 3.8) is 0 Å². The second-order valence-corrected chi connectivity index (χ2v) is 15.7. The highest BCUT2D eigenvalue weighted by molar-refractivity contribution is 7.47. The van der Waals surface area contributed by atoms with E-state index in [1.165, 1.54) is 103 Å². The van der Waals surface area contributed by atoms with Gasteiger partial charge >= 0.3 is 19.8 Å². The molecule has 2 atom stereocenters. The van der Waals surface area contributed by atoms with Crippen molar-refractivity contribution in [3.8, 4) is 0 Å². The van der Waals surface area contributed by atoms with Crippen molar-refractivity contribution in [3.05, 3.63) is 36.5 Å². The van der Waals surface area contributed by atoms with Crippen LogP contribution in [0.2, 0.25) is 0 Å². The highest BCUT2D eigenvalue weighted by atomic mass is 31.2. The fourth-order valence-electron chi connectivity index (χ4n) is 5.78. The highest BCUT2D eigenvalue weighted by Gasteiger charge is 2.26. The van der Waals surface area contributed by atoms with Crippen LogP contribution in [0.4, 0.5) is 0 Å². The Morgan fingerprint density at radius 1 is 0.566 bits per heavy atom. The molecule has 0 aromatic heterocycles. The van der Waals surface area contributed by atoms with Crippen LogP contribution < -0.4 is 5.73 Å². The van der Waals surface area contributed by atoms with Gasteiger partial charge in [-0.25, -0.2) is 4.57 Å². The quantitative estimate of drug-likeness (QED) is 0.0270. The molecule has 0 bridgehead atoms. The van der Waals surface area contributed by atoms with E-state index in [1.807, 2.05) is 0 Å². The van der Waals surface area contributed by atoms with Crippen molar-refractivity contribution < 1.29 is 37.6 Å². The molecule has 0 fully saturated rings. The molecule has 310 valence electrons. The molecule has 0 aliphatic carbocycles. The normalized spacial score (nSPS) is 13.7. The van der Waals surface area contributed by atoms with Crippen LogP contribution in [0.25, 0.3) is 0 Å². The summed E-state index contributed by atoms with van der Waals surface area (Å²) in [5, 5.41) is 0. The number of hydrogen-bond donors (Lipinski definition) is 2. The van der Waals surface area contributed by atoms with Crippen molar-refractivity contribution in [2.24, 2.45) is 5.73 Å². The zero-order chi connectivity index (χ0) is 38.9. The number of phosphoric ester groups is 1. The Labute approximate surface area is 324 Å². The molecule has 0 heterocycles. The molecule has 0 spiro atoms. The van der Waals surface area contributed by atoms with Crippen LogP contribution >= 0.6 is 7.82 Å². The number of carbonyl (C=O) groups excluding carboxylic acids is 2. The summed E-state index contributed by atoms with van der Waals surface area (Å²) < 4.78 is 32.7. The number of ether oxygens (including phenoxy) is 2. The molecule has 3 N–H and O–H groups in total. The van der Waals surface area contributed by atoms with Crippen LogP contribution in [-0.2, 0) is 32.7 Å². The second-order valence-electron chi connectivity index (χ2n) is 14.2. The average molecular weight is 770 g/mol. The Morgan fingerprint density at radius 3 is 1.49 bits per heavy atom. The summed E-state index contributed by atoms with van der Waals surface area (Å²) in [4.78, 5) is 34.8. The number of rotatable bonds is 40. The lowest BCUT2D eigenvalue weighted by Gasteiger charge is -2.19. The summed E-state index contributed by atoms with van der Waals surface area (Å²) in [6, 6.07) is 0. The smallest absolute Gasteiger partial charge is 0.462 e. The average Bonchev–Trinajstić information content (AvgIpc) is 3.14. The van der Waals surface area contributed by atoms with Crippen molar-refractivity contribution in [1.82, 2.24) is 0 Å². The molecule has 0 radical (unpaired) electrons. The molecular weight excluding hydrogens is 689 g/mol. The Morgan fingerprint density at radius 2 is 0.981 bits per heavy atom. The summed E-state index contributed by atoms with van der Waals surface area (Å²) in [7, 11) is -4.38. The SMILES string of the molecule is CCCCCCCC/C=C/C/C=C/CCCCC(=O)OC[C@H](COP(=O)(O)OCCN)OC(=O)CCCCCCCCC/C=C/CCCCCCCC. The van der Waals surface area contributed by atoms with E-state index in [4.69, 9.17) is 24.3 Å². The van der Waals surface area contributed by atoms with Gasteiger partial charge in [-0.3, -0.25) is 18.6 Å². The standard InChI is InChI=1S/C43H80NO8P/c1-3-5-7-9-11-13-15-17-19-20-22-24-26-28-30-32-34-36-43(46)52-41(40-51-53(47,48)50-38-37-44)39-49-42(45)35-33-31-29-27-25-23-21-18-16-14-12-10-8-6-4-2/h17-19,21,25,27,41H,3-16,20,22-24,26,28-40,44H2,1-2H3,(H,47,48)/b19-17+,21-18+,27-25+/t41-/m1/s1. The van der Waals surface area contributed by atoms with E-state index in [9.17, 15) is 19.0 Å². The third-order valence-electron chi connectivity index (χ3n) is 9.00. The molecule has 1 unspecified atom stereocenters. The van der Waals surface area contributed by atoms with Gasteiger partial charge in [-0.2, -0.15) is 0 Å². The first-order valence-electron chi connectivity index (χ1n) is 21.5. The fourth-order valence-corrected chi connectivity index (χ4v) is 6.54. The van der Waals surface area contributed by atoms with E-state index in [2.05, 4.69) is 50.3 Å². The fraction of sp³-hybridized carbons (Fsp3) is 0.814. The van der Waals surface area contributed by atoms with Crippen molar-refractivity contribution in [2.45, 2.75) is 200 Å². The molecule has 0 aliphatic rings. The number of esters is 2. The number of unbranched alkanes of at least 4 members (excludes halogenated alkanes) is 21. The van der Waals surface area contributed by atoms with Gasteiger partial charge in [0.15, 0.2) is 6.10 Å². The number of hydrogen-bond acceptors (Lipinski definition) is 8. The van der Waals surface area contributed by atoms with Gasteiger partial charge in [0.1, 0.15) is 6.61 Å². The molecule has 0 aromatic carbocycles. The van der Waals surface area contributed by atoms with Crippen molar-refractivity contribution >= 4 is 19.8 Å². The summed E-state index contributed by atoms with van der Waals surface area (Å²) >= 11 is 0. The number of phosphoric acid groups is 1. The third-order valence-corrected chi connectivity index (χ3v) is 9.98. The Balaban J connectivity index is 4.21. The maximum atomic E-state index is 12.6. The summed E-state index contributed by atoms with van der Waals surface area (Å²) in [6.45, 7) is 3.68. The lowest BCUT2D eigenvalue weighted by molar-refractivity contribution is -0.161. The van der Waals surface area contributed by atoms with Crippen LogP contribution in [0.15, 0.2) is 36.5 Å². The summed E-state index contributed by atoms with van der Waals surface area (Å²) in [5.41, 5.74) is 5.34. The van der Waals surface area contributed by atoms with Gasteiger partial charge in [0.05, 0.1) is 13.2 Å². The van der Waals surface area contributed by atoms with Crippen LogP contribution in [0.1, 0.15) is 194 Å². The largest absolute Gasteiger partial charge is 0.472 e. The van der Waals surface area contributed by atoms with Gasteiger partial charge in [-0.05, 0) is 70.6 Å². The minimum Gasteiger partial charge on any atom is -0.462 e. The Bertz CT molecular complexity index is 970. The Hall–Kier alpha value is -1.77. The first-order valence-corrected chi connectivity index (χ1v) is 23.0. The van der Waals surface area contributed by atoms with Crippen LogP contribution in [0.5, 0.6) is 0 Å². The summed E-state index contributed by atoms with van der Waals surface area (Å²) in [5.74, 6) is -0.870. The van der Waals surface area contributed by atoms with E-state index < -0.39 is 32.5 Å². The maximum Gasteiger partial charge on any atom is 0.472 e.